The van der Waals surface area contributed by atoms with Gasteiger partial charge in [0.15, 0.2) is 0 Å². The topological polar surface area (TPSA) is 40.5 Å². The maximum absolute atomic E-state index is 10.1. The van der Waals surface area contributed by atoms with Gasteiger partial charge in [0.1, 0.15) is 0 Å². The van der Waals surface area contributed by atoms with Crippen LogP contribution in [0, 0.1) is 5.92 Å². The lowest BCUT2D eigenvalue weighted by atomic mass is 9.76. The minimum absolute atomic E-state index is 0.456. The highest BCUT2D eigenvalue weighted by Crippen LogP contribution is 2.41. The zero-order valence-corrected chi connectivity index (χ0v) is 7.50. The second-order valence-corrected chi connectivity index (χ2v) is 4.51. The first kappa shape index (κ1) is 8.52. The van der Waals surface area contributed by atoms with Crippen molar-refractivity contribution in [1.29, 1.82) is 0 Å². The van der Waals surface area contributed by atoms with Crippen molar-refractivity contribution in [1.82, 2.24) is 0 Å². The molecule has 2 fully saturated rings. The zero-order chi connectivity index (χ0) is 8.60. The molecule has 70 valence electrons. The standard InChI is InChI=1S/C10H18O2/c11-9-5-1-3-8-4-2-6-10(9,12)7-8/h8-9,11-12H,1-7H2/t8-,9?,10-/m0/s1. The van der Waals surface area contributed by atoms with Gasteiger partial charge in [0, 0.05) is 0 Å². The normalized spacial score (nSPS) is 48.5. The van der Waals surface area contributed by atoms with Crippen LogP contribution in [0.15, 0.2) is 0 Å². The molecule has 2 N–H and O–H groups in total. The predicted molar refractivity (Wildman–Crippen MR) is 46.8 cm³/mol. The lowest BCUT2D eigenvalue weighted by Gasteiger charge is -2.37. The molecule has 2 nitrogen and oxygen atoms in total. The van der Waals surface area contributed by atoms with Crippen LogP contribution in [0.25, 0.3) is 0 Å². The van der Waals surface area contributed by atoms with Gasteiger partial charge in [-0.3, -0.25) is 0 Å². The van der Waals surface area contributed by atoms with E-state index in [1.807, 2.05) is 0 Å². The summed E-state index contributed by atoms with van der Waals surface area (Å²) in [5, 5.41) is 19.8. The minimum Gasteiger partial charge on any atom is -0.390 e. The highest BCUT2D eigenvalue weighted by molar-refractivity contribution is 4.94. The summed E-state index contributed by atoms with van der Waals surface area (Å²) in [6.45, 7) is 0. The molecule has 2 aliphatic rings. The third-order valence-electron chi connectivity index (χ3n) is 3.57. The summed E-state index contributed by atoms with van der Waals surface area (Å²) in [4.78, 5) is 0. The molecule has 2 heteroatoms. The van der Waals surface area contributed by atoms with Gasteiger partial charge in [0.25, 0.3) is 0 Å². The molecule has 3 atom stereocenters. The summed E-state index contributed by atoms with van der Waals surface area (Å²) in [6.07, 6.45) is 6.65. The van der Waals surface area contributed by atoms with Gasteiger partial charge >= 0.3 is 0 Å². The number of aliphatic hydroxyl groups excluding tert-OH is 1. The van der Waals surface area contributed by atoms with Crippen LogP contribution in [0.2, 0.25) is 0 Å². The number of fused-ring (bicyclic) bond motifs is 2. The average molecular weight is 170 g/mol. The molecule has 2 bridgehead atoms. The summed E-state index contributed by atoms with van der Waals surface area (Å²) in [6, 6.07) is 0. The molecule has 2 rings (SSSR count). The summed E-state index contributed by atoms with van der Waals surface area (Å²) >= 11 is 0. The number of rotatable bonds is 0. The van der Waals surface area contributed by atoms with Gasteiger partial charge < -0.3 is 10.2 Å². The van der Waals surface area contributed by atoms with Gasteiger partial charge in [-0.2, -0.15) is 0 Å². The Hall–Kier alpha value is -0.0800. The molecule has 2 aliphatic carbocycles. The molecule has 0 aromatic heterocycles. The summed E-state index contributed by atoms with van der Waals surface area (Å²) < 4.78 is 0. The molecule has 0 amide bonds. The molecule has 2 saturated carbocycles. The van der Waals surface area contributed by atoms with E-state index in [9.17, 15) is 10.2 Å². The van der Waals surface area contributed by atoms with E-state index in [-0.39, 0.29) is 0 Å². The van der Waals surface area contributed by atoms with Crippen LogP contribution in [-0.4, -0.2) is 21.9 Å². The molecule has 0 aromatic rings. The summed E-state index contributed by atoms with van der Waals surface area (Å²) in [5.41, 5.74) is -0.723. The Balaban J connectivity index is 2.14. The van der Waals surface area contributed by atoms with Crippen molar-refractivity contribution >= 4 is 0 Å². The molecule has 0 heterocycles. The third kappa shape index (κ3) is 1.38. The fourth-order valence-corrected chi connectivity index (χ4v) is 2.82. The molecule has 0 radical (unpaired) electrons. The second-order valence-electron chi connectivity index (χ2n) is 4.51. The van der Waals surface area contributed by atoms with Gasteiger partial charge in [-0.1, -0.05) is 25.7 Å². The molecule has 0 aliphatic heterocycles. The van der Waals surface area contributed by atoms with Crippen molar-refractivity contribution in [2.24, 2.45) is 5.92 Å². The lowest BCUT2D eigenvalue weighted by Crippen LogP contribution is -2.44. The van der Waals surface area contributed by atoms with E-state index in [0.29, 0.717) is 5.92 Å². The van der Waals surface area contributed by atoms with Crippen molar-refractivity contribution in [2.75, 3.05) is 0 Å². The van der Waals surface area contributed by atoms with Crippen LogP contribution in [0.3, 0.4) is 0 Å². The van der Waals surface area contributed by atoms with E-state index in [4.69, 9.17) is 0 Å². The van der Waals surface area contributed by atoms with Crippen molar-refractivity contribution in [3.8, 4) is 0 Å². The SMILES string of the molecule is OC1CCC[C@H]2CCC[C@]1(O)C2. The molecule has 0 aromatic carbocycles. The second kappa shape index (κ2) is 3.00. The molecule has 1 unspecified atom stereocenters. The van der Waals surface area contributed by atoms with E-state index >= 15 is 0 Å². The van der Waals surface area contributed by atoms with Gasteiger partial charge in [-0.25, -0.2) is 0 Å². The van der Waals surface area contributed by atoms with E-state index in [2.05, 4.69) is 0 Å². The quantitative estimate of drug-likeness (QED) is 0.577. The lowest BCUT2D eigenvalue weighted by molar-refractivity contribution is -0.102. The van der Waals surface area contributed by atoms with E-state index in [1.165, 1.54) is 12.8 Å². The largest absolute Gasteiger partial charge is 0.390 e. The monoisotopic (exact) mass is 170 g/mol. The Morgan fingerprint density at radius 2 is 1.83 bits per heavy atom. The average Bonchev–Trinajstić information content (AvgIpc) is 2.12. The van der Waals surface area contributed by atoms with Crippen LogP contribution < -0.4 is 0 Å². The maximum Gasteiger partial charge on any atom is 0.0908 e. The van der Waals surface area contributed by atoms with Gasteiger partial charge in [0.05, 0.1) is 11.7 Å². The molecule has 12 heavy (non-hydrogen) atoms. The van der Waals surface area contributed by atoms with Gasteiger partial charge in [0.2, 0.25) is 0 Å². The zero-order valence-electron chi connectivity index (χ0n) is 7.50. The van der Waals surface area contributed by atoms with E-state index < -0.39 is 11.7 Å². The van der Waals surface area contributed by atoms with Crippen LogP contribution in [0.5, 0.6) is 0 Å². The summed E-state index contributed by atoms with van der Waals surface area (Å²) in [7, 11) is 0. The number of hydrogen-bond donors (Lipinski definition) is 2. The Morgan fingerprint density at radius 3 is 2.67 bits per heavy atom. The highest BCUT2D eigenvalue weighted by Gasteiger charge is 2.41. The number of aliphatic hydroxyl groups is 2. The first-order chi connectivity index (χ1) is 5.71. The smallest absolute Gasteiger partial charge is 0.0908 e. The highest BCUT2D eigenvalue weighted by atomic mass is 16.3. The first-order valence-electron chi connectivity index (χ1n) is 5.11. The molecular formula is C10H18O2. The Labute approximate surface area is 73.6 Å². The number of hydrogen-bond acceptors (Lipinski definition) is 2. The Bertz CT molecular complexity index is 169. The molecule has 0 spiro atoms. The predicted octanol–water partition coefficient (Wildman–Crippen LogP) is 1.45. The van der Waals surface area contributed by atoms with Crippen molar-refractivity contribution in [3.05, 3.63) is 0 Å². The Kier molecular flexibility index (Phi) is 2.13. The van der Waals surface area contributed by atoms with Crippen molar-refractivity contribution < 1.29 is 10.2 Å². The Morgan fingerprint density at radius 1 is 1.08 bits per heavy atom. The fourth-order valence-electron chi connectivity index (χ4n) is 2.82. The maximum atomic E-state index is 10.1. The van der Waals surface area contributed by atoms with Crippen molar-refractivity contribution in [2.45, 2.75) is 56.7 Å². The van der Waals surface area contributed by atoms with Crippen LogP contribution in [-0.2, 0) is 0 Å². The van der Waals surface area contributed by atoms with Gasteiger partial charge in [-0.05, 0) is 25.2 Å². The van der Waals surface area contributed by atoms with Crippen LogP contribution in [0.1, 0.15) is 44.9 Å². The van der Waals surface area contributed by atoms with E-state index in [1.54, 1.807) is 0 Å². The third-order valence-corrected chi connectivity index (χ3v) is 3.57. The van der Waals surface area contributed by atoms with Crippen LogP contribution in [0.4, 0.5) is 0 Å². The fraction of sp³-hybridized carbons (Fsp3) is 1.00. The molecule has 0 saturated heterocycles. The molecular weight excluding hydrogens is 152 g/mol. The first-order valence-corrected chi connectivity index (χ1v) is 5.11. The minimum atomic E-state index is -0.723. The van der Waals surface area contributed by atoms with Crippen molar-refractivity contribution in [3.63, 3.8) is 0 Å². The van der Waals surface area contributed by atoms with Gasteiger partial charge in [-0.15, -0.1) is 0 Å². The summed E-state index contributed by atoms with van der Waals surface area (Å²) in [5.74, 6) is 0.681. The van der Waals surface area contributed by atoms with Crippen LogP contribution >= 0.6 is 0 Å². The van der Waals surface area contributed by atoms with E-state index in [0.717, 1.165) is 32.1 Å².